The molecule has 1 heterocycles. The van der Waals surface area contributed by atoms with E-state index in [2.05, 4.69) is 10.1 Å². The maximum absolute atomic E-state index is 13.2. The van der Waals surface area contributed by atoms with Gasteiger partial charge in [0.25, 0.3) is 5.43 Å². The zero-order valence-electron chi connectivity index (χ0n) is 17.5. The Morgan fingerprint density at radius 2 is 1.94 bits per heavy atom. The summed E-state index contributed by atoms with van der Waals surface area (Å²) in [5.74, 6) is 0.347. The highest BCUT2D eigenvalue weighted by molar-refractivity contribution is 6.08. The van der Waals surface area contributed by atoms with Gasteiger partial charge in [0.1, 0.15) is 0 Å². The maximum atomic E-state index is 13.2. The predicted molar refractivity (Wildman–Crippen MR) is 119 cm³/mol. The van der Waals surface area contributed by atoms with Gasteiger partial charge in [-0.1, -0.05) is 24.3 Å². The van der Waals surface area contributed by atoms with Crippen LogP contribution in [0.5, 0.6) is 5.75 Å². The molecule has 1 saturated carbocycles. The number of aliphatic imine (C=N–C) groups is 1. The molecule has 0 bridgehead atoms. The number of nitrogens with zero attached hydrogens (tertiary/aromatic N) is 3. The van der Waals surface area contributed by atoms with Crippen LogP contribution in [-0.2, 0) is 6.18 Å². The molecule has 0 spiro atoms. The van der Waals surface area contributed by atoms with Gasteiger partial charge in [0, 0.05) is 0 Å². The molecule has 1 aliphatic carbocycles. The number of ether oxygens (including phenoxy) is 1. The fraction of sp³-hybridized carbons (Fsp3) is 0.208. The van der Waals surface area contributed by atoms with Crippen molar-refractivity contribution in [3.63, 3.8) is 0 Å². The van der Waals surface area contributed by atoms with E-state index in [-0.39, 0.29) is 22.8 Å². The number of hydrogen-bond acceptors (Lipinski definition) is 5. The fourth-order valence-electron chi connectivity index (χ4n) is 3.09. The zero-order valence-corrected chi connectivity index (χ0v) is 17.5. The Balaban J connectivity index is 1.86. The molecule has 0 atom stereocenters. The van der Waals surface area contributed by atoms with Crippen molar-refractivity contribution in [2.75, 3.05) is 6.61 Å². The summed E-state index contributed by atoms with van der Waals surface area (Å²) in [6.07, 6.45) is 1.43. The van der Waals surface area contributed by atoms with Gasteiger partial charge in [-0.3, -0.25) is 4.79 Å². The third-order valence-corrected chi connectivity index (χ3v) is 5.00. The van der Waals surface area contributed by atoms with Crippen LogP contribution < -0.4 is 15.9 Å². The van der Waals surface area contributed by atoms with Crippen LogP contribution in [0, 0.1) is 5.92 Å². The van der Waals surface area contributed by atoms with Crippen LogP contribution >= 0.6 is 0 Å². The molecule has 2 aromatic carbocycles. The number of aromatic nitrogens is 2. The highest BCUT2D eigenvalue weighted by atomic mass is 19.4. The van der Waals surface area contributed by atoms with E-state index in [1.807, 2.05) is 6.07 Å². The Bertz CT molecular complexity index is 1250. The Hall–Kier alpha value is -3.88. The van der Waals surface area contributed by atoms with Crippen molar-refractivity contribution < 1.29 is 17.9 Å². The second-order valence-electron chi connectivity index (χ2n) is 7.61. The zero-order chi connectivity index (χ0) is 23.4. The first kappa shape index (κ1) is 22.3. The largest absolute Gasteiger partial charge is 0.488 e. The van der Waals surface area contributed by atoms with E-state index in [9.17, 15) is 18.0 Å². The van der Waals surface area contributed by atoms with Crippen molar-refractivity contribution in [1.29, 1.82) is 0 Å². The van der Waals surface area contributed by atoms with Gasteiger partial charge in [-0.2, -0.15) is 18.3 Å². The molecule has 0 saturated heterocycles. The fourth-order valence-corrected chi connectivity index (χ4v) is 3.09. The third kappa shape index (κ3) is 5.49. The van der Waals surface area contributed by atoms with E-state index in [4.69, 9.17) is 10.5 Å². The molecule has 9 heteroatoms. The Morgan fingerprint density at radius 1 is 1.18 bits per heavy atom. The van der Waals surface area contributed by atoms with Gasteiger partial charge >= 0.3 is 6.18 Å². The number of nitrogens with two attached hydrogens (primary N) is 1. The average Bonchev–Trinajstić information content (AvgIpc) is 3.63. The van der Waals surface area contributed by atoms with Crippen molar-refractivity contribution in [2.45, 2.75) is 19.0 Å². The van der Waals surface area contributed by atoms with Crippen molar-refractivity contribution in [3.8, 4) is 11.4 Å². The number of benzene rings is 2. The quantitative estimate of drug-likeness (QED) is 0.528. The Morgan fingerprint density at radius 3 is 2.61 bits per heavy atom. The summed E-state index contributed by atoms with van der Waals surface area (Å²) < 4.78 is 46.7. The average molecular weight is 454 g/mol. The maximum Gasteiger partial charge on any atom is 0.416 e. The van der Waals surface area contributed by atoms with Gasteiger partial charge in [-0.05, 0) is 61.4 Å². The normalized spacial score (nSPS) is 14.6. The van der Waals surface area contributed by atoms with Gasteiger partial charge in [-0.25, -0.2) is 9.67 Å². The monoisotopic (exact) mass is 454 g/mol. The molecule has 1 aromatic heterocycles. The number of para-hydroxylation sites is 1. The molecule has 0 aliphatic heterocycles. The molecular weight excluding hydrogens is 433 g/mol. The number of hydrogen-bond donors (Lipinski definition) is 1. The number of allylic oxidation sites excluding steroid dienone is 1. The highest BCUT2D eigenvalue weighted by Crippen LogP contribution is 2.31. The van der Waals surface area contributed by atoms with Gasteiger partial charge in [-0.15, -0.1) is 0 Å². The van der Waals surface area contributed by atoms with Crippen molar-refractivity contribution in [2.24, 2.45) is 16.6 Å². The molecule has 3 aromatic rings. The number of rotatable bonds is 7. The van der Waals surface area contributed by atoms with Crippen LogP contribution in [0.25, 0.3) is 5.69 Å². The minimum atomic E-state index is -4.52. The number of halogens is 3. The van der Waals surface area contributed by atoms with Crippen LogP contribution in [0.4, 0.5) is 18.9 Å². The molecule has 1 fully saturated rings. The van der Waals surface area contributed by atoms with E-state index < -0.39 is 17.2 Å². The topological polar surface area (TPSA) is 82.5 Å². The lowest BCUT2D eigenvalue weighted by Crippen LogP contribution is -2.24. The first-order valence-electron chi connectivity index (χ1n) is 10.3. The van der Waals surface area contributed by atoms with E-state index in [0.29, 0.717) is 18.2 Å². The van der Waals surface area contributed by atoms with Crippen molar-refractivity contribution in [1.82, 2.24) is 9.78 Å². The Labute approximate surface area is 187 Å². The first-order chi connectivity index (χ1) is 15.8. The summed E-state index contributed by atoms with van der Waals surface area (Å²) in [6.45, 7) is 0.346. The summed E-state index contributed by atoms with van der Waals surface area (Å²) in [5, 5.41) is 4.30. The molecule has 0 unspecified atom stereocenters. The summed E-state index contributed by atoms with van der Waals surface area (Å²) in [4.78, 5) is 17.6. The van der Waals surface area contributed by atoms with Gasteiger partial charge in [0.2, 0.25) is 0 Å². The molecular formula is C24H21F3N4O2. The highest BCUT2D eigenvalue weighted by Gasteiger charge is 2.31. The predicted octanol–water partition coefficient (Wildman–Crippen LogP) is 4.63. The van der Waals surface area contributed by atoms with Crippen LogP contribution in [0.1, 0.15) is 24.1 Å². The second kappa shape index (κ2) is 9.32. The Kier molecular flexibility index (Phi) is 6.30. The standard InChI is InChI=1S/C24H21F3N4O2/c25-24(26,27)17-5-4-8-19(13-17)31-14-21(33-15-16-9-10-16)23(32)22(30-31)20(11-12-28)29-18-6-2-1-3-7-18/h1-8,11-14,16H,9-10,15,28H2. The lowest BCUT2D eigenvalue weighted by atomic mass is 10.2. The van der Waals surface area contributed by atoms with Crippen LogP contribution in [-0.4, -0.2) is 22.1 Å². The lowest BCUT2D eigenvalue weighted by molar-refractivity contribution is -0.137. The van der Waals surface area contributed by atoms with Gasteiger partial charge < -0.3 is 10.5 Å². The summed E-state index contributed by atoms with van der Waals surface area (Å²) in [7, 11) is 0. The molecule has 33 heavy (non-hydrogen) atoms. The van der Waals surface area contributed by atoms with Crippen LogP contribution in [0.2, 0.25) is 0 Å². The minimum Gasteiger partial charge on any atom is -0.488 e. The van der Waals surface area contributed by atoms with Crippen LogP contribution in [0.3, 0.4) is 0 Å². The van der Waals surface area contributed by atoms with E-state index in [1.54, 1.807) is 24.3 Å². The van der Waals surface area contributed by atoms with Gasteiger partial charge in [0.05, 0.1) is 35.5 Å². The summed E-state index contributed by atoms with van der Waals surface area (Å²) >= 11 is 0. The summed E-state index contributed by atoms with van der Waals surface area (Å²) in [6, 6.07) is 13.5. The minimum absolute atomic E-state index is 0.0181. The third-order valence-electron chi connectivity index (χ3n) is 5.00. The van der Waals surface area contributed by atoms with E-state index in [1.165, 1.54) is 35.3 Å². The molecule has 0 radical (unpaired) electrons. The van der Waals surface area contributed by atoms with E-state index in [0.717, 1.165) is 25.0 Å². The second-order valence-corrected chi connectivity index (χ2v) is 7.61. The van der Waals surface area contributed by atoms with E-state index >= 15 is 0 Å². The molecule has 0 amide bonds. The molecule has 6 nitrogen and oxygen atoms in total. The first-order valence-corrected chi connectivity index (χ1v) is 10.3. The molecule has 170 valence electrons. The molecule has 4 rings (SSSR count). The SMILES string of the molecule is NC=CC(=Nc1ccccc1)c1nn(-c2cccc(C(F)(F)F)c2)cc(OCC2CC2)c1=O. The molecule has 2 N–H and O–H groups in total. The number of alkyl halides is 3. The van der Waals surface area contributed by atoms with Crippen molar-refractivity contribution >= 4 is 11.4 Å². The van der Waals surface area contributed by atoms with Crippen molar-refractivity contribution in [3.05, 3.63) is 94.6 Å². The lowest BCUT2D eigenvalue weighted by Gasteiger charge is -2.14. The van der Waals surface area contributed by atoms with Gasteiger partial charge in [0.15, 0.2) is 11.4 Å². The summed E-state index contributed by atoms with van der Waals surface area (Å²) in [5.41, 5.74) is 4.97. The van der Waals surface area contributed by atoms with Crippen LogP contribution in [0.15, 0.2) is 82.9 Å². The smallest absolute Gasteiger partial charge is 0.416 e. The molecule has 1 aliphatic rings.